The van der Waals surface area contributed by atoms with Crippen molar-refractivity contribution in [3.05, 3.63) is 28.7 Å². The highest BCUT2D eigenvalue weighted by atomic mass is 16.5. The minimum Gasteiger partial charge on any atom is -0.378 e. The van der Waals surface area contributed by atoms with Gasteiger partial charge in [0.25, 0.3) is 0 Å². The van der Waals surface area contributed by atoms with E-state index in [0.717, 1.165) is 75.2 Å². The zero-order valence-electron chi connectivity index (χ0n) is 19.2. The number of carbonyl (C=O) groups is 2. The van der Waals surface area contributed by atoms with Gasteiger partial charge in [-0.1, -0.05) is 6.07 Å². The van der Waals surface area contributed by atoms with Crippen LogP contribution in [0, 0.1) is 5.92 Å². The molecule has 0 saturated carbocycles. The Balaban J connectivity index is 1.33. The molecule has 1 atom stereocenters. The average Bonchev–Trinajstić information content (AvgIpc) is 3.09. The monoisotopic (exact) mass is 455 g/mol. The van der Waals surface area contributed by atoms with Crippen LogP contribution in [0.5, 0.6) is 0 Å². The number of nitrogens with zero attached hydrogens (tertiary/aromatic N) is 3. The number of aromatic nitrogens is 2. The molecule has 9 nitrogen and oxygen atoms in total. The van der Waals surface area contributed by atoms with Crippen LogP contribution >= 0.6 is 0 Å². The zero-order valence-corrected chi connectivity index (χ0v) is 19.2. The third-order valence-corrected chi connectivity index (χ3v) is 7.41. The number of piperidine rings is 3. The molecule has 3 saturated heterocycles. The van der Waals surface area contributed by atoms with Crippen LogP contribution in [0.4, 0.5) is 5.69 Å². The van der Waals surface area contributed by atoms with E-state index in [0.29, 0.717) is 18.4 Å². The molecule has 2 aromatic rings. The van der Waals surface area contributed by atoms with Gasteiger partial charge in [0.15, 0.2) is 0 Å². The van der Waals surface area contributed by atoms with Crippen molar-refractivity contribution in [3.8, 4) is 0 Å². The number of hydrogen-bond acceptors (Lipinski definition) is 6. The normalized spacial score (nSPS) is 23.3. The molecule has 1 unspecified atom stereocenters. The van der Waals surface area contributed by atoms with Crippen LogP contribution in [0.1, 0.15) is 44.6 Å². The Kier molecular flexibility index (Phi) is 6.25. The van der Waals surface area contributed by atoms with Gasteiger partial charge in [-0.3, -0.25) is 24.0 Å². The Morgan fingerprint density at radius 1 is 1.03 bits per heavy atom. The van der Waals surface area contributed by atoms with Crippen LogP contribution in [0.15, 0.2) is 23.0 Å². The average molecular weight is 456 g/mol. The van der Waals surface area contributed by atoms with Crippen molar-refractivity contribution < 1.29 is 14.3 Å². The van der Waals surface area contributed by atoms with Gasteiger partial charge < -0.3 is 15.0 Å². The van der Waals surface area contributed by atoms with Gasteiger partial charge in [0.1, 0.15) is 6.04 Å². The number of fused-ring (bicyclic) bond motifs is 1. The Bertz CT molecular complexity index is 1090. The number of aryl methyl sites for hydroxylation is 1. The summed E-state index contributed by atoms with van der Waals surface area (Å²) in [5.74, 6) is -0.120. The Hall–Kier alpha value is -2.65. The van der Waals surface area contributed by atoms with Crippen LogP contribution in [-0.2, 0) is 21.4 Å². The van der Waals surface area contributed by atoms with Gasteiger partial charge in [-0.2, -0.15) is 0 Å². The molecule has 5 rings (SSSR count). The third-order valence-electron chi connectivity index (χ3n) is 7.41. The predicted molar refractivity (Wildman–Crippen MR) is 125 cm³/mol. The number of ether oxygens (including phenoxy) is 1. The molecular formula is C24H33N5O4. The van der Waals surface area contributed by atoms with Gasteiger partial charge in [-0.05, 0) is 63.2 Å². The number of imidazole rings is 1. The molecule has 4 heterocycles. The van der Waals surface area contributed by atoms with E-state index in [1.54, 1.807) is 16.2 Å². The van der Waals surface area contributed by atoms with Crippen LogP contribution < -0.4 is 21.2 Å². The summed E-state index contributed by atoms with van der Waals surface area (Å²) >= 11 is 0. The molecule has 0 radical (unpaired) electrons. The largest absolute Gasteiger partial charge is 0.378 e. The van der Waals surface area contributed by atoms with Crippen molar-refractivity contribution in [3.63, 3.8) is 0 Å². The first-order valence-corrected chi connectivity index (χ1v) is 12.1. The summed E-state index contributed by atoms with van der Waals surface area (Å²) < 4.78 is 9.38. The molecule has 3 fully saturated rings. The molecule has 3 aliphatic heterocycles. The van der Waals surface area contributed by atoms with Crippen molar-refractivity contribution in [2.24, 2.45) is 13.0 Å². The first kappa shape index (κ1) is 22.2. The summed E-state index contributed by atoms with van der Waals surface area (Å²) in [7, 11) is 1.76. The molecule has 1 aromatic carbocycles. The van der Waals surface area contributed by atoms with Crippen LogP contribution in [0.3, 0.4) is 0 Å². The summed E-state index contributed by atoms with van der Waals surface area (Å²) in [4.78, 5) is 39.6. The molecule has 2 N–H and O–H groups in total. The van der Waals surface area contributed by atoms with E-state index in [-0.39, 0.29) is 18.0 Å². The Labute approximate surface area is 193 Å². The summed E-state index contributed by atoms with van der Waals surface area (Å²) in [6.07, 6.45) is 5.28. The fourth-order valence-electron chi connectivity index (χ4n) is 5.48. The highest BCUT2D eigenvalue weighted by Crippen LogP contribution is 2.32. The van der Waals surface area contributed by atoms with E-state index in [4.69, 9.17) is 4.74 Å². The maximum Gasteiger partial charge on any atom is 0.329 e. The maximum atomic E-state index is 13.2. The SMILES string of the molecule is Cn1c(=O)n(C2CCC(=O)NC2=O)c2cccc(N3CCC(COC4CCNCC4)CC3)c21. The van der Waals surface area contributed by atoms with E-state index in [1.807, 2.05) is 12.1 Å². The van der Waals surface area contributed by atoms with E-state index >= 15 is 0 Å². The second kappa shape index (κ2) is 9.30. The van der Waals surface area contributed by atoms with Crippen molar-refractivity contribution >= 4 is 28.5 Å². The molecule has 178 valence electrons. The number of nitrogens with one attached hydrogen (secondary N) is 2. The fraction of sp³-hybridized carbons (Fsp3) is 0.625. The second-order valence-electron chi connectivity index (χ2n) is 9.54. The number of imide groups is 1. The van der Waals surface area contributed by atoms with Crippen molar-refractivity contribution in [2.75, 3.05) is 37.7 Å². The standard InChI is InChI=1S/C24H33N5O4/c1-27-22-18(28-13-9-16(10-14-28)15-33-17-7-11-25-12-8-17)3-2-4-19(22)29(24(27)32)20-5-6-21(30)26-23(20)31/h2-4,16-17,20,25H,5-15H2,1H3,(H,26,30,31). The van der Waals surface area contributed by atoms with Gasteiger partial charge in [-0.15, -0.1) is 0 Å². The van der Waals surface area contributed by atoms with Crippen LogP contribution in [0.25, 0.3) is 11.0 Å². The summed E-state index contributed by atoms with van der Waals surface area (Å²) in [5.41, 5.74) is 2.38. The number of benzene rings is 1. The van der Waals surface area contributed by atoms with Gasteiger partial charge in [0.05, 0.1) is 22.8 Å². The summed E-state index contributed by atoms with van der Waals surface area (Å²) in [6, 6.07) is 5.24. The van der Waals surface area contributed by atoms with Crippen LogP contribution in [-0.4, -0.2) is 59.8 Å². The third kappa shape index (κ3) is 4.31. The van der Waals surface area contributed by atoms with E-state index < -0.39 is 11.9 Å². The minimum atomic E-state index is -0.660. The number of rotatable bonds is 5. The molecule has 9 heteroatoms. The quantitative estimate of drug-likeness (QED) is 0.660. The first-order valence-electron chi connectivity index (χ1n) is 12.1. The Morgan fingerprint density at radius 3 is 2.52 bits per heavy atom. The lowest BCUT2D eigenvalue weighted by Gasteiger charge is -2.35. The Morgan fingerprint density at radius 2 is 1.79 bits per heavy atom. The number of anilines is 1. The van der Waals surface area contributed by atoms with Crippen LogP contribution in [0.2, 0.25) is 0 Å². The van der Waals surface area contributed by atoms with E-state index in [2.05, 4.69) is 21.6 Å². The smallest absolute Gasteiger partial charge is 0.329 e. The summed E-state index contributed by atoms with van der Waals surface area (Å²) in [5, 5.41) is 5.75. The molecule has 1 aromatic heterocycles. The molecule has 2 amide bonds. The van der Waals surface area contributed by atoms with Gasteiger partial charge >= 0.3 is 5.69 Å². The molecular weight excluding hydrogens is 422 g/mol. The second-order valence-corrected chi connectivity index (χ2v) is 9.54. The van der Waals surface area contributed by atoms with E-state index in [9.17, 15) is 14.4 Å². The van der Waals surface area contributed by atoms with E-state index in [1.165, 1.54) is 0 Å². The fourth-order valence-corrected chi connectivity index (χ4v) is 5.48. The predicted octanol–water partition coefficient (Wildman–Crippen LogP) is 1.30. The van der Waals surface area contributed by atoms with Gasteiger partial charge in [0.2, 0.25) is 11.8 Å². The van der Waals surface area contributed by atoms with Crippen molar-refractivity contribution in [2.45, 2.75) is 50.7 Å². The molecule has 0 spiro atoms. The number of hydrogen-bond donors (Lipinski definition) is 2. The maximum absolute atomic E-state index is 13.2. The molecule has 3 aliphatic rings. The first-order chi connectivity index (χ1) is 16.0. The lowest BCUT2D eigenvalue weighted by Crippen LogP contribution is -2.44. The van der Waals surface area contributed by atoms with Crippen molar-refractivity contribution in [1.82, 2.24) is 19.8 Å². The van der Waals surface area contributed by atoms with Gasteiger partial charge in [-0.25, -0.2) is 4.79 Å². The summed E-state index contributed by atoms with van der Waals surface area (Å²) in [6.45, 7) is 4.75. The van der Waals surface area contributed by atoms with Gasteiger partial charge in [0, 0.05) is 33.2 Å². The highest BCUT2D eigenvalue weighted by molar-refractivity contribution is 6.00. The number of para-hydroxylation sites is 1. The molecule has 0 bridgehead atoms. The number of amides is 2. The lowest BCUT2D eigenvalue weighted by atomic mass is 9.97. The topological polar surface area (TPSA) is 97.6 Å². The van der Waals surface area contributed by atoms with Crippen molar-refractivity contribution in [1.29, 1.82) is 0 Å². The zero-order chi connectivity index (χ0) is 22.9. The highest BCUT2D eigenvalue weighted by Gasteiger charge is 2.32. The lowest BCUT2D eigenvalue weighted by molar-refractivity contribution is -0.135. The minimum absolute atomic E-state index is 0.225. The molecule has 33 heavy (non-hydrogen) atoms. The number of carbonyl (C=O) groups excluding carboxylic acids is 2. The molecule has 0 aliphatic carbocycles.